The fraction of sp³-hybridized carbons (Fsp3) is 0.688. The van der Waals surface area contributed by atoms with E-state index in [-0.39, 0.29) is 11.4 Å². The smallest absolute Gasteiger partial charge is 0.336 e. The lowest BCUT2D eigenvalue weighted by Gasteiger charge is -2.51. The summed E-state index contributed by atoms with van der Waals surface area (Å²) in [6.45, 7) is 8.41. The molecule has 0 bridgehead atoms. The number of hydrogen-bond donors (Lipinski definition) is 0. The van der Waals surface area contributed by atoms with Gasteiger partial charge in [-0.2, -0.15) is 0 Å². The first-order valence-electron chi connectivity index (χ1n) is 7.08. The van der Waals surface area contributed by atoms with Crippen LogP contribution in [-0.2, 0) is 14.3 Å². The van der Waals surface area contributed by atoms with Gasteiger partial charge in [-0.3, -0.25) is 0 Å². The Kier molecular flexibility index (Phi) is 2.69. The lowest BCUT2D eigenvalue weighted by atomic mass is 9.56. The molecule has 3 rings (SSSR count). The predicted octanol–water partition coefficient (Wildman–Crippen LogP) is 3.36. The number of methoxy groups -OCH3 is 1. The van der Waals surface area contributed by atoms with E-state index in [0.29, 0.717) is 5.92 Å². The molecule has 0 aromatic heterocycles. The van der Waals surface area contributed by atoms with Crippen molar-refractivity contribution >= 4 is 5.97 Å². The van der Waals surface area contributed by atoms with Crippen LogP contribution in [0.5, 0.6) is 0 Å². The van der Waals surface area contributed by atoms with Gasteiger partial charge in [-0.05, 0) is 43.9 Å². The number of allylic oxidation sites excluding steroid dienone is 1. The fourth-order valence-electron chi connectivity index (χ4n) is 4.28. The number of carbonyl (C=O) groups is 1. The summed E-state index contributed by atoms with van der Waals surface area (Å²) in [5.74, 6) is -0.557. The minimum Gasteiger partial charge on any atom is -0.426 e. The van der Waals surface area contributed by atoms with Crippen LogP contribution in [-0.4, -0.2) is 18.9 Å². The molecule has 3 nitrogen and oxygen atoms in total. The molecule has 0 aromatic rings. The molecule has 2 saturated carbocycles. The van der Waals surface area contributed by atoms with Crippen molar-refractivity contribution in [1.29, 1.82) is 0 Å². The normalized spacial score (nSPS) is 41.9. The van der Waals surface area contributed by atoms with Gasteiger partial charge in [0.2, 0.25) is 5.79 Å². The molecule has 0 aromatic carbocycles. The lowest BCUT2D eigenvalue weighted by Crippen LogP contribution is -2.49. The molecule has 2 fully saturated rings. The average molecular weight is 262 g/mol. The summed E-state index contributed by atoms with van der Waals surface area (Å²) in [4.78, 5) is 11.9. The summed E-state index contributed by atoms with van der Waals surface area (Å²) in [7, 11) is 1.65. The van der Waals surface area contributed by atoms with E-state index >= 15 is 0 Å². The van der Waals surface area contributed by atoms with Crippen LogP contribution in [0.3, 0.4) is 0 Å². The van der Waals surface area contributed by atoms with E-state index in [4.69, 9.17) is 9.47 Å². The van der Waals surface area contributed by atoms with E-state index in [1.165, 1.54) is 12.0 Å². The Balaban J connectivity index is 2.05. The molecule has 0 N–H and O–H groups in total. The van der Waals surface area contributed by atoms with Gasteiger partial charge in [0.25, 0.3) is 0 Å². The summed E-state index contributed by atoms with van der Waals surface area (Å²) >= 11 is 0. The van der Waals surface area contributed by atoms with Crippen molar-refractivity contribution in [2.24, 2.45) is 11.3 Å². The number of rotatable bonds is 1. The van der Waals surface area contributed by atoms with Crippen LogP contribution in [0.1, 0.15) is 46.0 Å². The van der Waals surface area contributed by atoms with Gasteiger partial charge >= 0.3 is 5.97 Å². The molecule has 0 radical (unpaired) electrons. The first-order valence-corrected chi connectivity index (χ1v) is 7.08. The van der Waals surface area contributed by atoms with E-state index in [1.54, 1.807) is 7.11 Å². The van der Waals surface area contributed by atoms with Crippen LogP contribution in [0.4, 0.5) is 0 Å². The second kappa shape index (κ2) is 3.95. The maximum Gasteiger partial charge on any atom is 0.336 e. The first-order chi connectivity index (χ1) is 8.92. The topological polar surface area (TPSA) is 35.5 Å². The standard InChI is InChI=1S/C16H22O3/c1-10-6-5-7-15(3)9-16(18-4)13(8-12(10)15)11(2)14(17)19-16/h12H,1,5-9H2,2-4H3/t12-,15-,16-/m1/s1. The highest BCUT2D eigenvalue weighted by Crippen LogP contribution is 2.59. The van der Waals surface area contributed by atoms with Crippen LogP contribution in [0.25, 0.3) is 0 Å². The van der Waals surface area contributed by atoms with Gasteiger partial charge in [0.05, 0.1) is 0 Å². The Morgan fingerprint density at radius 1 is 1.47 bits per heavy atom. The molecule has 3 atom stereocenters. The van der Waals surface area contributed by atoms with Gasteiger partial charge in [0, 0.05) is 24.7 Å². The molecule has 0 saturated heterocycles. The molecule has 0 spiro atoms. The van der Waals surface area contributed by atoms with Crippen LogP contribution in [0.15, 0.2) is 23.3 Å². The number of carbonyl (C=O) groups excluding carboxylic acids is 1. The predicted molar refractivity (Wildman–Crippen MR) is 72.4 cm³/mol. The summed E-state index contributed by atoms with van der Waals surface area (Å²) in [6.07, 6.45) is 5.07. The zero-order valence-corrected chi connectivity index (χ0v) is 12.0. The van der Waals surface area contributed by atoms with Gasteiger partial charge in [-0.15, -0.1) is 0 Å². The summed E-state index contributed by atoms with van der Waals surface area (Å²) in [5.41, 5.74) is 3.26. The largest absolute Gasteiger partial charge is 0.426 e. The maximum atomic E-state index is 11.9. The SMILES string of the molecule is C=C1CCC[C@]2(C)C[C@@]3(OC)OC(=O)C(C)=C3C[C@H]12. The third kappa shape index (κ3) is 1.64. The van der Waals surface area contributed by atoms with Crippen molar-refractivity contribution in [1.82, 2.24) is 0 Å². The van der Waals surface area contributed by atoms with Gasteiger partial charge in [-0.1, -0.05) is 19.1 Å². The van der Waals surface area contributed by atoms with Gasteiger partial charge in [0.1, 0.15) is 0 Å². The lowest BCUT2D eigenvalue weighted by molar-refractivity contribution is -0.215. The number of fused-ring (bicyclic) bond motifs is 2. The van der Waals surface area contributed by atoms with Crippen molar-refractivity contribution < 1.29 is 14.3 Å². The number of hydrogen-bond acceptors (Lipinski definition) is 3. The number of ether oxygens (including phenoxy) is 2. The highest BCUT2D eigenvalue weighted by atomic mass is 16.7. The van der Waals surface area contributed by atoms with Crippen LogP contribution in [0, 0.1) is 11.3 Å². The monoisotopic (exact) mass is 262 g/mol. The maximum absolute atomic E-state index is 11.9. The van der Waals surface area contributed by atoms with Gasteiger partial charge < -0.3 is 9.47 Å². The number of esters is 1. The van der Waals surface area contributed by atoms with Crippen LogP contribution in [0.2, 0.25) is 0 Å². The van der Waals surface area contributed by atoms with E-state index in [1.807, 2.05) is 6.92 Å². The third-order valence-corrected chi connectivity index (χ3v) is 5.43. The first kappa shape index (κ1) is 12.9. The fourth-order valence-corrected chi connectivity index (χ4v) is 4.28. The van der Waals surface area contributed by atoms with Gasteiger partial charge in [0.15, 0.2) is 0 Å². The molecular weight excluding hydrogens is 240 g/mol. The zero-order chi connectivity index (χ0) is 13.8. The van der Waals surface area contributed by atoms with E-state index < -0.39 is 5.79 Å². The Labute approximate surface area is 114 Å². The Morgan fingerprint density at radius 3 is 2.89 bits per heavy atom. The molecule has 19 heavy (non-hydrogen) atoms. The van der Waals surface area contributed by atoms with E-state index in [0.717, 1.165) is 36.8 Å². The highest BCUT2D eigenvalue weighted by Gasteiger charge is 2.58. The minimum atomic E-state index is -0.802. The summed E-state index contributed by atoms with van der Waals surface area (Å²) in [6, 6.07) is 0. The summed E-state index contributed by atoms with van der Waals surface area (Å²) in [5, 5.41) is 0. The third-order valence-electron chi connectivity index (χ3n) is 5.43. The summed E-state index contributed by atoms with van der Waals surface area (Å²) < 4.78 is 11.3. The molecule has 0 amide bonds. The molecule has 0 unspecified atom stereocenters. The van der Waals surface area contributed by atoms with Crippen molar-refractivity contribution in [3.05, 3.63) is 23.3 Å². The Bertz CT molecular complexity index is 490. The molecule has 2 aliphatic carbocycles. The van der Waals surface area contributed by atoms with Crippen molar-refractivity contribution in [2.75, 3.05) is 7.11 Å². The van der Waals surface area contributed by atoms with Crippen molar-refractivity contribution in [3.63, 3.8) is 0 Å². The molecular formula is C16H22O3. The minimum absolute atomic E-state index is 0.139. The molecule has 3 heteroatoms. The molecule has 1 aliphatic heterocycles. The Hall–Kier alpha value is -1.09. The molecule has 104 valence electrons. The highest BCUT2D eigenvalue weighted by molar-refractivity contribution is 5.92. The van der Waals surface area contributed by atoms with Crippen LogP contribution >= 0.6 is 0 Å². The zero-order valence-electron chi connectivity index (χ0n) is 12.0. The Morgan fingerprint density at radius 2 is 2.21 bits per heavy atom. The quantitative estimate of drug-likeness (QED) is 0.537. The van der Waals surface area contributed by atoms with E-state index in [9.17, 15) is 4.79 Å². The van der Waals surface area contributed by atoms with E-state index in [2.05, 4.69) is 13.5 Å². The van der Waals surface area contributed by atoms with Crippen molar-refractivity contribution in [3.8, 4) is 0 Å². The second-order valence-corrected chi connectivity index (χ2v) is 6.55. The molecule has 3 aliphatic rings. The van der Waals surface area contributed by atoms with Crippen molar-refractivity contribution in [2.45, 2.75) is 51.7 Å². The average Bonchev–Trinajstić information content (AvgIpc) is 2.59. The van der Waals surface area contributed by atoms with Gasteiger partial charge in [-0.25, -0.2) is 4.79 Å². The second-order valence-electron chi connectivity index (χ2n) is 6.55. The van der Waals surface area contributed by atoms with Crippen LogP contribution < -0.4 is 0 Å². The molecule has 1 heterocycles.